The Labute approximate surface area is 119 Å². The van der Waals surface area contributed by atoms with E-state index in [1.165, 1.54) is 0 Å². The highest BCUT2D eigenvalue weighted by atomic mass is 16.6. The average Bonchev–Trinajstić information content (AvgIpc) is 2.96. The maximum atomic E-state index is 11.0. The number of carboxylic acid groups (broad SMARTS) is 1. The molecule has 0 amide bonds. The van der Waals surface area contributed by atoms with Gasteiger partial charge in [-0.2, -0.15) is 0 Å². The Hall–Kier alpha value is -2.97. The summed E-state index contributed by atoms with van der Waals surface area (Å²) >= 11 is 0. The third kappa shape index (κ3) is 3.75. The fourth-order valence-corrected chi connectivity index (χ4v) is 1.76. The number of pyridine rings is 1. The Kier molecular flexibility index (Phi) is 4.44. The Balaban J connectivity index is 1.95. The molecule has 2 aromatic heterocycles. The van der Waals surface area contributed by atoms with Crippen molar-refractivity contribution in [2.75, 3.05) is 11.9 Å². The molecule has 2 rings (SSSR count). The van der Waals surface area contributed by atoms with Gasteiger partial charge in [0.15, 0.2) is 0 Å². The number of hydrogen-bond donors (Lipinski definition) is 2. The molecule has 0 atom stereocenters. The molecular formula is C12H13N5O4. The van der Waals surface area contributed by atoms with Crippen molar-refractivity contribution in [3.05, 3.63) is 46.7 Å². The van der Waals surface area contributed by atoms with Gasteiger partial charge in [-0.15, -0.1) is 0 Å². The lowest BCUT2D eigenvalue weighted by Crippen LogP contribution is -2.09. The van der Waals surface area contributed by atoms with Crippen LogP contribution < -0.4 is 5.32 Å². The number of nitrogens with one attached hydrogen (secondary N) is 1. The molecule has 9 nitrogen and oxygen atoms in total. The molecule has 0 unspecified atom stereocenters. The molecule has 0 saturated heterocycles. The van der Waals surface area contributed by atoms with Crippen molar-refractivity contribution in [3.63, 3.8) is 0 Å². The molecule has 0 aromatic carbocycles. The van der Waals surface area contributed by atoms with Crippen molar-refractivity contribution in [1.29, 1.82) is 0 Å². The van der Waals surface area contributed by atoms with E-state index in [0.717, 1.165) is 25.2 Å². The Morgan fingerprint density at radius 1 is 1.52 bits per heavy atom. The van der Waals surface area contributed by atoms with E-state index in [2.05, 4.69) is 15.3 Å². The predicted octanol–water partition coefficient (Wildman–Crippen LogP) is 1.39. The first kappa shape index (κ1) is 14.4. The maximum Gasteiger partial charge on any atom is 0.342 e. The Morgan fingerprint density at radius 2 is 2.33 bits per heavy atom. The number of aromatic carboxylic acids is 1. The van der Waals surface area contributed by atoms with Crippen LogP contribution in [-0.2, 0) is 6.54 Å². The summed E-state index contributed by atoms with van der Waals surface area (Å²) in [6.45, 7) is 1.31. The van der Waals surface area contributed by atoms with Gasteiger partial charge in [-0.3, -0.25) is 10.1 Å². The molecule has 2 N–H and O–H groups in total. The minimum absolute atomic E-state index is 0.295. The number of imidazole rings is 1. The summed E-state index contributed by atoms with van der Waals surface area (Å²) in [7, 11) is 0. The van der Waals surface area contributed by atoms with Crippen molar-refractivity contribution in [1.82, 2.24) is 14.5 Å². The molecule has 110 valence electrons. The molecule has 0 radical (unpaired) electrons. The first-order chi connectivity index (χ1) is 10.1. The summed E-state index contributed by atoms with van der Waals surface area (Å²) in [5.74, 6) is -1.06. The van der Waals surface area contributed by atoms with Crippen LogP contribution in [0.3, 0.4) is 0 Å². The maximum absolute atomic E-state index is 11.0. The molecule has 0 aliphatic heterocycles. The third-order valence-corrected chi connectivity index (χ3v) is 2.77. The van der Waals surface area contributed by atoms with Crippen molar-refractivity contribution < 1.29 is 14.8 Å². The monoisotopic (exact) mass is 291 g/mol. The van der Waals surface area contributed by atoms with Gasteiger partial charge >= 0.3 is 11.7 Å². The normalized spacial score (nSPS) is 10.3. The molecule has 9 heteroatoms. The van der Waals surface area contributed by atoms with E-state index >= 15 is 0 Å². The first-order valence-electron chi connectivity index (χ1n) is 6.15. The lowest BCUT2D eigenvalue weighted by atomic mass is 10.2. The number of anilines is 1. The zero-order valence-corrected chi connectivity index (χ0v) is 11.0. The molecular weight excluding hydrogens is 278 g/mol. The number of carbonyl (C=O) groups is 1. The fraction of sp³-hybridized carbons (Fsp3) is 0.250. The van der Waals surface area contributed by atoms with Gasteiger partial charge in [0.2, 0.25) is 0 Å². The van der Waals surface area contributed by atoms with Crippen molar-refractivity contribution in [3.8, 4) is 0 Å². The first-order valence-corrected chi connectivity index (χ1v) is 6.15. The van der Waals surface area contributed by atoms with E-state index in [-0.39, 0.29) is 5.56 Å². The van der Waals surface area contributed by atoms with Gasteiger partial charge in [0.1, 0.15) is 17.6 Å². The van der Waals surface area contributed by atoms with Crippen LogP contribution in [0, 0.1) is 10.1 Å². The van der Waals surface area contributed by atoms with Crippen LogP contribution in [0.5, 0.6) is 0 Å². The predicted molar refractivity (Wildman–Crippen MR) is 73.2 cm³/mol. The highest BCUT2D eigenvalue weighted by molar-refractivity contribution is 5.93. The molecule has 21 heavy (non-hydrogen) atoms. The fourth-order valence-electron chi connectivity index (χ4n) is 1.76. The molecule has 0 saturated carbocycles. The van der Waals surface area contributed by atoms with Gasteiger partial charge in [-0.25, -0.2) is 14.8 Å². The van der Waals surface area contributed by atoms with E-state index in [9.17, 15) is 14.9 Å². The van der Waals surface area contributed by atoms with Gasteiger partial charge in [-0.05, 0) is 6.42 Å². The number of aryl methyl sites for hydroxylation is 1. The number of carboxylic acids is 1. The summed E-state index contributed by atoms with van der Waals surface area (Å²) < 4.78 is 1.91. The molecule has 0 aliphatic rings. The van der Waals surface area contributed by atoms with Gasteiger partial charge < -0.3 is 15.0 Å². The van der Waals surface area contributed by atoms with Crippen LogP contribution in [0.2, 0.25) is 0 Å². The standard InChI is InChI=1S/C12H13N5O4/c18-12(19)9-6-11(15-7-10(9)17(20)21)14-2-1-4-16-5-3-13-8-16/h3,5-8H,1-2,4H2,(H,14,15)(H,18,19). The van der Waals surface area contributed by atoms with E-state index in [1.54, 1.807) is 12.5 Å². The summed E-state index contributed by atoms with van der Waals surface area (Å²) in [5, 5.41) is 22.6. The summed E-state index contributed by atoms with van der Waals surface area (Å²) in [6, 6.07) is 1.16. The topological polar surface area (TPSA) is 123 Å². The van der Waals surface area contributed by atoms with Gasteiger partial charge in [-0.1, -0.05) is 0 Å². The number of rotatable bonds is 7. The number of nitro groups is 1. The highest BCUT2D eigenvalue weighted by Crippen LogP contribution is 2.20. The van der Waals surface area contributed by atoms with E-state index < -0.39 is 16.6 Å². The SMILES string of the molecule is O=C(O)c1cc(NCCCn2ccnc2)ncc1[N+](=O)[O-]. The van der Waals surface area contributed by atoms with E-state index in [1.807, 2.05) is 10.8 Å². The largest absolute Gasteiger partial charge is 0.477 e. The number of nitrogens with zero attached hydrogens (tertiary/aromatic N) is 4. The quantitative estimate of drug-likeness (QED) is 0.448. The molecule has 0 bridgehead atoms. The van der Waals surface area contributed by atoms with Crippen LogP contribution in [0.25, 0.3) is 0 Å². The number of hydrogen-bond acceptors (Lipinski definition) is 6. The Bertz CT molecular complexity index is 641. The minimum atomic E-state index is -1.36. The van der Waals surface area contributed by atoms with E-state index in [0.29, 0.717) is 12.4 Å². The van der Waals surface area contributed by atoms with Crippen molar-refractivity contribution in [2.24, 2.45) is 0 Å². The van der Waals surface area contributed by atoms with Gasteiger partial charge in [0, 0.05) is 31.5 Å². The third-order valence-electron chi connectivity index (χ3n) is 2.77. The molecule has 0 spiro atoms. The zero-order valence-electron chi connectivity index (χ0n) is 11.0. The summed E-state index contributed by atoms with van der Waals surface area (Å²) in [6.07, 6.45) is 6.95. The second kappa shape index (κ2) is 6.46. The van der Waals surface area contributed by atoms with Crippen molar-refractivity contribution >= 4 is 17.5 Å². The summed E-state index contributed by atoms with van der Waals surface area (Å²) in [5.41, 5.74) is -0.904. The van der Waals surface area contributed by atoms with Crippen LogP contribution in [0.4, 0.5) is 11.5 Å². The van der Waals surface area contributed by atoms with Crippen LogP contribution in [0.1, 0.15) is 16.8 Å². The van der Waals surface area contributed by atoms with Crippen LogP contribution in [0.15, 0.2) is 31.0 Å². The van der Waals surface area contributed by atoms with Crippen LogP contribution in [-0.4, -0.2) is 37.1 Å². The molecule has 2 heterocycles. The molecule has 0 fully saturated rings. The Morgan fingerprint density at radius 3 is 2.95 bits per heavy atom. The van der Waals surface area contributed by atoms with E-state index in [4.69, 9.17) is 5.11 Å². The minimum Gasteiger partial charge on any atom is -0.477 e. The second-order valence-corrected chi connectivity index (χ2v) is 4.23. The smallest absolute Gasteiger partial charge is 0.342 e. The van der Waals surface area contributed by atoms with Gasteiger partial charge in [0.05, 0.1) is 11.3 Å². The number of aromatic nitrogens is 3. The molecule has 2 aromatic rings. The average molecular weight is 291 g/mol. The lowest BCUT2D eigenvalue weighted by molar-refractivity contribution is -0.385. The summed E-state index contributed by atoms with van der Waals surface area (Å²) in [4.78, 5) is 28.7. The van der Waals surface area contributed by atoms with Crippen molar-refractivity contribution in [2.45, 2.75) is 13.0 Å². The van der Waals surface area contributed by atoms with Crippen LogP contribution >= 0.6 is 0 Å². The second-order valence-electron chi connectivity index (χ2n) is 4.23. The lowest BCUT2D eigenvalue weighted by Gasteiger charge is -2.07. The zero-order chi connectivity index (χ0) is 15.2. The molecule has 0 aliphatic carbocycles. The van der Waals surface area contributed by atoms with Gasteiger partial charge in [0.25, 0.3) is 0 Å². The highest BCUT2D eigenvalue weighted by Gasteiger charge is 2.20.